The average Bonchev–Trinajstić information content (AvgIpc) is 3.29. The number of alkyl carbamates (subject to hydrolysis) is 1. The fourth-order valence-electron chi connectivity index (χ4n) is 4.87. The molecule has 2 atom stereocenters. The lowest BCUT2D eigenvalue weighted by molar-refractivity contribution is -0.143. The molecule has 8 nitrogen and oxygen atoms in total. The van der Waals surface area contributed by atoms with Gasteiger partial charge >= 0.3 is 12.1 Å². The third kappa shape index (κ3) is 6.95. The lowest BCUT2D eigenvalue weighted by Crippen LogP contribution is -2.45. The van der Waals surface area contributed by atoms with Crippen molar-refractivity contribution in [3.8, 4) is 11.5 Å². The molecule has 0 radical (unpaired) electrons. The molecular weight excluding hydrogens is 474 g/mol. The Morgan fingerprint density at radius 3 is 2.32 bits per heavy atom. The Labute approximate surface area is 219 Å². The van der Waals surface area contributed by atoms with Gasteiger partial charge in [-0.25, -0.2) is 9.59 Å². The van der Waals surface area contributed by atoms with Gasteiger partial charge in [-0.3, -0.25) is 0 Å². The molecule has 1 aliphatic carbocycles. The Bertz CT molecular complexity index is 1080. The second kappa shape index (κ2) is 12.3. The highest BCUT2D eigenvalue weighted by molar-refractivity contribution is 5.81. The fourth-order valence-corrected chi connectivity index (χ4v) is 4.87. The second-order valence-corrected chi connectivity index (χ2v) is 10.1. The Hall–Kier alpha value is -3.26. The van der Waals surface area contributed by atoms with E-state index in [-0.39, 0.29) is 5.92 Å². The molecule has 1 aliphatic rings. The van der Waals surface area contributed by atoms with Crippen LogP contribution in [0.5, 0.6) is 11.5 Å². The number of hydrogen-bond donors (Lipinski definition) is 1. The molecule has 3 rings (SSSR count). The summed E-state index contributed by atoms with van der Waals surface area (Å²) in [6, 6.07) is 9.23. The Kier molecular flexibility index (Phi) is 9.43. The zero-order chi connectivity index (χ0) is 27.2. The molecular formula is C29H39NO7. The van der Waals surface area contributed by atoms with Crippen molar-refractivity contribution in [2.75, 3.05) is 27.9 Å². The van der Waals surface area contributed by atoms with Gasteiger partial charge in [0, 0.05) is 24.5 Å². The van der Waals surface area contributed by atoms with Gasteiger partial charge < -0.3 is 29.0 Å². The van der Waals surface area contributed by atoms with Gasteiger partial charge in [-0.05, 0) is 74.9 Å². The van der Waals surface area contributed by atoms with Crippen LogP contribution in [0.25, 0.3) is 0 Å². The minimum Gasteiger partial charge on any atom is -0.496 e. The Morgan fingerprint density at radius 2 is 1.76 bits per heavy atom. The van der Waals surface area contributed by atoms with Crippen LogP contribution in [0.4, 0.5) is 4.79 Å². The van der Waals surface area contributed by atoms with Crippen LogP contribution < -0.4 is 14.8 Å². The standard InChI is InChI=1S/C29H39NO7/c1-8-36-17-18-14-24(33-5)26(25(15-18)34-6)22-13-12-20-19(10-9-11-21(20)22)16-23(27(31)35-7)30-28(32)37-29(2,3)4/h9-11,14-15,22-23H,8,12-13,16-17H2,1-7H3,(H,30,32)/t22-,23+/m1/s1. The quantitative estimate of drug-likeness (QED) is 0.451. The van der Waals surface area contributed by atoms with Gasteiger partial charge in [0.05, 0.1) is 27.9 Å². The number of nitrogens with one attached hydrogen (secondary N) is 1. The highest BCUT2D eigenvalue weighted by Crippen LogP contribution is 2.47. The molecule has 0 aliphatic heterocycles. The molecule has 0 aromatic heterocycles. The first-order valence-corrected chi connectivity index (χ1v) is 12.6. The number of benzene rings is 2. The van der Waals surface area contributed by atoms with Gasteiger partial charge in [0.2, 0.25) is 0 Å². The van der Waals surface area contributed by atoms with E-state index in [0.717, 1.165) is 52.2 Å². The third-order valence-corrected chi connectivity index (χ3v) is 6.39. The molecule has 0 fully saturated rings. The first kappa shape index (κ1) is 28.3. The van der Waals surface area contributed by atoms with Crippen molar-refractivity contribution >= 4 is 12.1 Å². The van der Waals surface area contributed by atoms with E-state index in [4.69, 9.17) is 23.7 Å². The molecule has 2 aromatic rings. The molecule has 0 bridgehead atoms. The average molecular weight is 514 g/mol. The van der Waals surface area contributed by atoms with E-state index in [0.29, 0.717) is 19.6 Å². The van der Waals surface area contributed by atoms with E-state index in [9.17, 15) is 9.59 Å². The number of ether oxygens (including phenoxy) is 5. The number of fused-ring (bicyclic) bond motifs is 1. The lowest BCUT2D eigenvalue weighted by atomic mass is 9.89. The van der Waals surface area contributed by atoms with Crippen LogP contribution in [-0.4, -0.2) is 51.6 Å². The highest BCUT2D eigenvalue weighted by atomic mass is 16.6. The topological polar surface area (TPSA) is 92.3 Å². The highest BCUT2D eigenvalue weighted by Gasteiger charge is 2.33. The number of amides is 1. The van der Waals surface area contributed by atoms with Gasteiger partial charge in [0.15, 0.2) is 0 Å². The minimum atomic E-state index is -0.868. The summed E-state index contributed by atoms with van der Waals surface area (Å²) in [5.74, 6) is 1.07. The van der Waals surface area contributed by atoms with E-state index in [1.54, 1.807) is 35.0 Å². The number of carbonyl (C=O) groups is 2. The Balaban J connectivity index is 1.93. The van der Waals surface area contributed by atoms with Crippen molar-refractivity contribution in [1.82, 2.24) is 5.32 Å². The first-order chi connectivity index (χ1) is 17.6. The van der Waals surface area contributed by atoms with E-state index in [2.05, 4.69) is 11.4 Å². The summed E-state index contributed by atoms with van der Waals surface area (Å²) in [6.07, 6.45) is 1.33. The molecule has 1 amide bonds. The van der Waals surface area contributed by atoms with Crippen LogP contribution in [0.3, 0.4) is 0 Å². The zero-order valence-corrected chi connectivity index (χ0v) is 22.9. The van der Waals surface area contributed by atoms with Gasteiger partial charge in [0.25, 0.3) is 0 Å². The zero-order valence-electron chi connectivity index (χ0n) is 22.9. The SMILES string of the molecule is CCOCc1cc(OC)c([C@@H]2CCc3c(C[C@H](NC(=O)OC(C)(C)C)C(=O)OC)cccc32)c(OC)c1. The number of esters is 1. The van der Waals surface area contributed by atoms with Crippen molar-refractivity contribution in [3.63, 3.8) is 0 Å². The largest absolute Gasteiger partial charge is 0.496 e. The molecule has 1 N–H and O–H groups in total. The lowest BCUT2D eigenvalue weighted by Gasteiger charge is -2.23. The number of hydrogen-bond acceptors (Lipinski definition) is 7. The van der Waals surface area contributed by atoms with Crippen molar-refractivity contribution in [3.05, 3.63) is 58.1 Å². The molecule has 37 heavy (non-hydrogen) atoms. The summed E-state index contributed by atoms with van der Waals surface area (Å²) in [4.78, 5) is 24.9. The van der Waals surface area contributed by atoms with E-state index in [1.807, 2.05) is 31.2 Å². The molecule has 0 spiro atoms. The summed E-state index contributed by atoms with van der Waals surface area (Å²) in [5.41, 5.74) is 4.61. The van der Waals surface area contributed by atoms with Gasteiger partial charge in [-0.2, -0.15) is 0 Å². The first-order valence-electron chi connectivity index (χ1n) is 12.6. The molecule has 0 saturated heterocycles. The monoisotopic (exact) mass is 513 g/mol. The molecule has 0 saturated carbocycles. The van der Waals surface area contributed by atoms with Gasteiger partial charge in [-0.15, -0.1) is 0 Å². The normalized spacial score (nSPS) is 15.5. The van der Waals surface area contributed by atoms with Crippen LogP contribution >= 0.6 is 0 Å². The van der Waals surface area contributed by atoms with Crippen molar-refractivity contribution in [2.45, 2.75) is 71.1 Å². The number of methoxy groups -OCH3 is 3. The maximum absolute atomic E-state index is 12.5. The number of carbonyl (C=O) groups excluding carboxylic acids is 2. The predicted octanol–water partition coefficient (Wildman–Crippen LogP) is 4.93. The maximum Gasteiger partial charge on any atom is 0.408 e. The Morgan fingerprint density at radius 1 is 1.08 bits per heavy atom. The molecule has 0 heterocycles. The predicted molar refractivity (Wildman–Crippen MR) is 140 cm³/mol. The van der Waals surface area contributed by atoms with Crippen molar-refractivity contribution < 1.29 is 33.3 Å². The van der Waals surface area contributed by atoms with Crippen LogP contribution in [0.2, 0.25) is 0 Å². The molecule has 202 valence electrons. The fraction of sp³-hybridized carbons (Fsp3) is 0.517. The van der Waals surface area contributed by atoms with E-state index < -0.39 is 23.7 Å². The second-order valence-electron chi connectivity index (χ2n) is 10.1. The molecule has 0 unspecified atom stereocenters. The maximum atomic E-state index is 12.5. The van der Waals surface area contributed by atoms with Crippen LogP contribution in [0.1, 0.15) is 67.9 Å². The summed E-state index contributed by atoms with van der Waals surface area (Å²) >= 11 is 0. The van der Waals surface area contributed by atoms with E-state index in [1.165, 1.54) is 7.11 Å². The summed E-state index contributed by atoms with van der Waals surface area (Å²) in [6.45, 7) is 8.39. The summed E-state index contributed by atoms with van der Waals surface area (Å²) in [5, 5.41) is 2.68. The van der Waals surface area contributed by atoms with Crippen LogP contribution in [0, 0.1) is 0 Å². The van der Waals surface area contributed by atoms with Gasteiger partial charge in [0.1, 0.15) is 23.1 Å². The van der Waals surface area contributed by atoms with E-state index >= 15 is 0 Å². The molecule has 8 heteroatoms. The smallest absolute Gasteiger partial charge is 0.408 e. The number of rotatable bonds is 10. The van der Waals surface area contributed by atoms with Crippen molar-refractivity contribution in [2.24, 2.45) is 0 Å². The minimum absolute atomic E-state index is 0.0661. The summed E-state index contributed by atoms with van der Waals surface area (Å²) in [7, 11) is 4.64. The van der Waals surface area contributed by atoms with Gasteiger partial charge in [-0.1, -0.05) is 18.2 Å². The van der Waals surface area contributed by atoms with Crippen LogP contribution in [0.15, 0.2) is 30.3 Å². The van der Waals surface area contributed by atoms with Crippen LogP contribution in [-0.2, 0) is 38.5 Å². The molecule has 2 aromatic carbocycles. The summed E-state index contributed by atoms with van der Waals surface area (Å²) < 4.78 is 27.5. The third-order valence-electron chi connectivity index (χ3n) is 6.39. The van der Waals surface area contributed by atoms with Crippen molar-refractivity contribution in [1.29, 1.82) is 0 Å².